The third-order valence-corrected chi connectivity index (χ3v) is 6.39. The molecule has 2 saturated carbocycles. The van der Waals surface area contributed by atoms with E-state index < -0.39 is 0 Å². The van der Waals surface area contributed by atoms with Gasteiger partial charge in [0.15, 0.2) is 0 Å². The first-order chi connectivity index (χ1) is 11.2. The van der Waals surface area contributed by atoms with Crippen molar-refractivity contribution >= 4 is 18.3 Å². The average Bonchev–Trinajstić information content (AvgIpc) is 3.10. The molecule has 1 amide bonds. The lowest BCUT2D eigenvalue weighted by molar-refractivity contribution is -0.136. The van der Waals surface area contributed by atoms with E-state index >= 15 is 0 Å². The number of piperazine rings is 1. The summed E-state index contributed by atoms with van der Waals surface area (Å²) in [5, 5.41) is 3.47. The Labute approximate surface area is 151 Å². The van der Waals surface area contributed by atoms with Crippen molar-refractivity contribution < 1.29 is 4.79 Å². The molecule has 1 spiro atoms. The SMILES string of the molecule is CCc1ccc(C2CNCCN2C(=O)C2CC23CCCC3)cc1.Cl. The van der Waals surface area contributed by atoms with E-state index in [1.807, 2.05) is 0 Å². The van der Waals surface area contributed by atoms with Gasteiger partial charge in [0.1, 0.15) is 0 Å². The van der Waals surface area contributed by atoms with E-state index in [1.165, 1.54) is 36.8 Å². The van der Waals surface area contributed by atoms with Crippen LogP contribution in [0.5, 0.6) is 0 Å². The van der Waals surface area contributed by atoms with Crippen molar-refractivity contribution in [3.63, 3.8) is 0 Å². The number of aryl methyl sites for hydroxylation is 1. The van der Waals surface area contributed by atoms with Crippen LogP contribution in [0.1, 0.15) is 56.2 Å². The topological polar surface area (TPSA) is 32.3 Å². The molecule has 1 saturated heterocycles. The molecule has 3 fully saturated rings. The molecular weight excluding hydrogens is 320 g/mol. The Morgan fingerprint density at radius 2 is 1.96 bits per heavy atom. The lowest BCUT2D eigenvalue weighted by Gasteiger charge is -2.37. The summed E-state index contributed by atoms with van der Waals surface area (Å²) in [5.41, 5.74) is 3.05. The quantitative estimate of drug-likeness (QED) is 0.902. The molecule has 1 aliphatic heterocycles. The molecule has 1 N–H and O–H groups in total. The first-order valence-electron chi connectivity index (χ1n) is 9.33. The van der Waals surface area contributed by atoms with Crippen LogP contribution < -0.4 is 5.32 Å². The number of carbonyl (C=O) groups excluding carboxylic acids is 1. The van der Waals surface area contributed by atoms with E-state index in [2.05, 4.69) is 41.4 Å². The van der Waals surface area contributed by atoms with Crippen LogP contribution in [-0.2, 0) is 11.2 Å². The maximum Gasteiger partial charge on any atom is 0.226 e. The predicted octanol–water partition coefficient (Wildman–Crippen LogP) is 3.72. The van der Waals surface area contributed by atoms with Gasteiger partial charge < -0.3 is 10.2 Å². The molecule has 3 nitrogen and oxygen atoms in total. The van der Waals surface area contributed by atoms with Crippen molar-refractivity contribution in [1.29, 1.82) is 0 Å². The van der Waals surface area contributed by atoms with E-state index in [9.17, 15) is 4.79 Å². The molecule has 3 aliphatic rings. The Balaban J connectivity index is 0.00000169. The molecule has 0 aromatic heterocycles. The van der Waals surface area contributed by atoms with E-state index in [-0.39, 0.29) is 18.4 Å². The maximum atomic E-state index is 13.1. The van der Waals surface area contributed by atoms with Gasteiger partial charge in [0, 0.05) is 25.6 Å². The van der Waals surface area contributed by atoms with Gasteiger partial charge in [0.05, 0.1) is 6.04 Å². The second-order valence-corrected chi connectivity index (χ2v) is 7.67. The minimum absolute atomic E-state index is 0. The summed E-state index contributed by atoms with van der Waals surface area (Å²) in [4.78, 5) is 15.3. The van der Waals surface area contributed by atoms with Crippen LogP contribution in [0.2, 0.25) is 0 Å². The molecular formula is C20H29ClN2O. The van der Waals surface area contributed by atoms with Crippen molar-refractivity contribution in [2.24, 2.45) is 11.3 Å². The van der Waals surface area contributed by atoms with Crippen molar-refractivity contribution in [3.8, 4) is 0 Å². The van der Waals surface area contributed by atoms with Crippen LogP contribution in [0.3, 0.4) is 0 Å². The van der Waals surface area contributed by atoms with Crippen LogP contribution in [0.15, 0.2) is 24.3 Å². The second-order valence-electron chi connectivity index (χ2n) is 7.67. The van der Waals surface area contributed by atoms with Gasteiger partial charge in [0.2, 0.25) is 5.91 Å². The minimum Gasteiger partial charge on any atom is -0.333 e. The molecule has 1 aromatic carbocycles. The fourth-order valence-corrected chi connectivity index (χ4v) is 4.77. The monoisotopic (exact) mass is 348 g/mol. The second kappa shape index (κ2) is 7.05. The van der Waals surface area contributed by atoms with Gasteiger partial charge in [-0.3, -0.25) is 4.79 Å². The summed E-state index contributed by atoms with van der Waals surface area (Å²) < 4.78 is 0. The van der Waals surface area contributed by atoms with Crippen molar-refractivity contribution in [2.75, 3.05) is 19.6 Å². The highest BCUT2D eigenvalue weighted by molar-refractivity contribution is 5.85. The van der Waals surface area contributed by atoms with E-state index in [0.717, 1.165) is 32.5 Å². The number of nitrogens with zero attached hydrogens (tertiary/aromatic N) is 1. The summed E-state index contributed by atoms with van der Waals surface area (Å²) in [6, 6.07) is 9.07. The third kappa shape index (κ3) is 3.09. The van der Waals surface area contributed by atoms with Gasteiger partial charge in [-0.05, 0) is 42.2 Å². The summed E-state index contributed by atoms with van der Waals surface area (Å²) in [6.07, 6.45) is 7.44. The van der Waals surface area contributed by atoms with E-state index in [4.69, 9.17) is 0 Å². The molecule has 0 radical (unpaired) electrons. The number of carbonyl (C=O) groups is 1. The van der Waals surface area contributed by atoms with E-state index in [0.29, 0.717) is 17.2 Å². The Bertz CT molecular complexity index is 580. The predicted molar refractivity (Wildman–Crippen MR) is 99.4 cm³/mol. The Morgan fingerprint density at radius 3 is 2.62 bits per heavy atom. The lowest BCUT2D eigenvalue weighted by Crippen LogP contribution is -2.49. The van der Waals surface area contributed by atoms with Gasteiger partial charge >= 0.3 is 0 Å². The number of amides is 1. The Hall–Kier alpha value is -1.06. The summed E-state index contributed by atoms with van der Waals surface area (Å²) >= 11 is 0. The fraction of sp³-hybridized carbons (Fsp3) is 0.650. The van der Waals surface area contributed by atoms with Crippen LogP contribution in [0, 0.1) is 11.3 Å². The molecule has 132 valence electrons. The van der Waals surface area contributed by atoms with Gasteiger partial charge in [-0.1, -0.05) is 44.0 Å². The normalized spacial score (nSPS) is 27.8. The summed E-state index contributed by atoms with van der Waals surface area (Å²) in [6.45, 7) is 4.85. The highest BCUT2D eigenvalue weighted by atomic mass is 35.5. The zero-order valence-corrected chi connectivity index (χ0v) is 15.4. The molecule has 1 heterocycles. The van der Waals surface area contributed by atoms with Crippen LogP contribution >= 0.6 is 12.4 Å². The lowest BCUT2D eigenvalue weighted by atomic mass is 9.98. The van der Waals surface area contributed by atoms with Crippen LogP contribution in [0.4, 0.5) is 0 Å². The average molecular weight is 349 g/mol. The molecule has 1 aromatic rings. The standard InChI is InChI=1S/C20H28N2O.ClH/c1-2-15-5-7-16(8-6-15)18-14-21-11-12-22(18)19(23)17-13-20(17)9-3-4-10-20;/h5-8,17-18,21H,2-4,9-14H2,1H3;1H. The van der Waals surface area contributed by atoms with Crippen LogP contribution in [0.25, 0.3) is 0 Å². The molecule has 24 heavy (non-hydrogen) atoms. The van der Waals surface area contributed by atoms with Crippen molar-refractivity contribution in [1.82, 2.24) is 10.2 Å². The largest absolute Gasteiger partial charge is 0.333 e. The van der Waals surface area contributed by atoms with E-state index in [1.54, 1.807) is 0 Å². The molecule has 2 aliphatic carbocycles. The summed E-state index contributed by atoms with van der Waals surface area (Å²) in [5.74, 6) is 0.749. The van der Waals surface area contributed by atoms with Gasteiger partial charge in [-0.15, -0.1) is 12.4 Å². The van der Waals surface area contributed by atoms with Gasteiger partial charge in [0.25, 0.3) is 0 Å². The zero-order valence-electron chi connectivity index (χ0n) is 14.6. The van der Waals surface area contributed by atoms with Gasteiger partial charge in [-0.25, -0.2) is 0 Å². The van der Waals surface area contributed by atoms with Crippen molar-refractivity contribution in [3.05, 3.63) is 35.4 Å². The molecule has 0 bridgehead atoms. The number of benzene rings is 1. The zero-order chi connectivity index (χ0) is 15.9. The number of hydrogen-bond donors (Lipinski definition) is 1. The highest BCUT2D eigenvalue weighted by Crippen LogP contribution is 2.63. The maximum absolute atomic E-state index is 13.1. The minimum atomic E-state index is 0. The van der Waals surface area contributed by atoms with Crippen molar-refractivity contribution in [2.45, 2.75) is 51.5 Å². The first kappa shape index (κ1) is 17.8. The number of nitrogens with one attached hydrogen (secondary N) is 1. The molecule has 2 atom stereocenters. The first-order valence-corrected chi connectivity index (χ1v) is 9.33. The van der Waals surface area contributed by atoms with Crippen LogP contribution in [-0.4, -0.2) is 30.4 Å². The third-order valence-electron chi connectivity index (χ3n) is 6.39. The number of halogens is 1. The molecule has 4 rings (SSSR count). The van der Waals surface area contributed by atoms with Gasteiger partial charge in [-0.2, -0.15) is 0 Å². The number of hydrogen-bond acceptors (Lipinski definition) is 2. The highest BCUT2D eigenvalue weighted by Gasteiger charge is 2.59. The summed E-state index contributed by atoms with van der Waals surface area (Å²) in [7, 11) is 0. The molecule has 2 unspecified atom stereocenters. The molecule has 4 heteroatoms. The smallest absolute Gasteiger partial charge is 0.226 e. The number of rotatable bonds is 3. The Kier molecular flexibility index (Phi) is 5.22. The fourth-order valence-electron chi connectivity index (χ4n) is 4.77. The Morgan fingerprint density at radius 1 is 1.25 bits per heavy atom.